The van der Waals surface area contributed by atoms with Gasteiger partial charge in [0.2, 0.25) is 5.91 Å². The fraction of sp³-hybridized carbons (Fsp3) is 0.125. The zero-order chi connectivity index (χ0) is 22.8. The molecule has 8 heteroatoms. The maximum Gasteiger partial charge on any atom is 0.408 e. The molecule has 0 aliphatic heterocycles. The zero-order valence-corrected chi connectivity index (χ0v) is 17.5. The minimum absolute atomic E-state index is 0.118. The lowest BCUT2D eigenvalue weighted by molar-refractivity contribution is -0.117. The Morgan fingerprint density at radius 3 is 1.81 bits per heavy atom. The van der Waals surface area contributed by atoms with Crippen LogP contribution in [0.15, 0.2) is 84.9 Å². The normalized spacial score (nSPS) is 11.0. The van der Waals surface area contributed by atoms with Gasteiger partial charge in [-0.15, -0.1) is 0 Å². The summed E-state index contributed by atoms with van der Waals surface area (Å²) in [6, 6.07) is 23.8. The van der Waals surface area contributed by atoms with Crippen molar-refractivity contribution >= 4 is 35.1 Å². The standard InChI is InChI=1S/C24H24N4O4/c1-17(25-24(31)32-16-18-8-4-2-5-9-18)22(29)26-20-12-14-21(15-13-20)28-23(30)27-19-10-6-3-7-11-19/h2-15,17H,16H2,1H3,(H,25,31)(H,26,29)(H2,27,28,30). The van der Waals surface area contributed by atoms with Crippen molar-refractivity contribution in [3.8, 4) is 0 Å². The largest absolute Gasteiger partial charge is 0.445 e. The average Bonchev–Trinajstić information content (AvgIpc) is 2.80. The highest BCUT2D eigenvalue weighted by atomic mass is 16.5. The molecule has 1 atom stereocenters. The van der Waals surface area contributed by atoms with Gasteiger partial charge < -0.3 is 26.0 Å². The molecule has 3 aromatic carbocycles. The van der Waals surface area contributed by atoms with Gasteiger partial charge in [-0.3, -0.25) is 4.79 Å². The second-order valence-corrected chi connectivity index (χ2v) is 6.94. The summed E-state index contributed by atoms with van der Waals surface area (Å²) in [5.74, 6) is -0.399. The Morgan fingerprint density at radius 2 is 1.22 bits per heavy atom. The third-order valence-corrected chi connectivity index (χ3v) is 4.38. The number of hydrogen-bond donors (Lipinski definition) is 4. The van der Waals surface area contributed by atoms with E-state index in [1.54, 1.807) is 43.3 Å². The highest BCUT2D eigenvalue weighted by Gasteiger charge is 2.16. The summed E-state index contributed by atoms with van der Waals surface area (Å²) in [5.41, 5.74) is 2.62. The molecule has 0 aromatic heterocycles. The number of rotatable bonds is 7. The van der Waals surface area contributed by atoms with Crippen molar-refractivity contribution in [1.82, 2.24) is 5.32 Å². The van der Waals surface area contributed by atoms with Gasteiger partial charge in [-0.1, -0.05) is 48.5 Å². The molecule has 164 valence electrons. The van der Waals surface area contributed by atoms with Crippen LogP contribution in [0.1, 0.15) is 12.5 Å². The number of alkyl carbamates (subject to hydrolysis) is 1. The number of hydrogen-bond acceptors (Lipinski definition) is 4. The first-order valence-corrected chi connectivity index (χ1v) is 10.0. The Bertz CT molecular complexity index is 1040. The molecule has 3 rings (SSSR count). The van der Waals surface area contributed by atoms with E-state index in [2.05, 4.69) is 21.3 Å². The Kier molecular flexibility index (Phi) is 7.80. The Labute approximate surface area is 186 Å². The molecule has 0 saturated carbocycles. The molecule has 32 heavy (non-hydrogen) atoms. The van der Waals surface area contributed by atoms with Crippen molar-refractivity contribution in [2.45, 2.75) is 19.6 Å². The van der Waals surface area contributed by atoms with Crippen molar-refractivity contribution < 1.29 is 19.1 Å². The number of urea groups is 1. The summed E-state index contributed by atoms with van der Waals surface area (Å²) >= 11 is 0. The summed E-state index contributed by atoms with van der Waals surface area (Å²) in [6.45, 7) is 1.68. The van der Waals surface area contributed by atoms with Crippen molar-refractivity contribution in [2.75, 3.05) is 16.0 Å². The molecule has 3 aromatic rings. The molecule has 0 saturated heterocycles. The molecule has 0 radical (unpaired) electrons. The molecular weight excluding hydrogens is 408 g/mol. The maximum atomic E-state index is 12.3. The fourth-order valence-corrected chi connectivity index (χ4v) is 2.71. The lowest BCUT2D eigenvalue weighted by Crippen LogP contribution is -2.41. The smallest absolute Gasteiger partial charge is 0.408 e. The molecule has 1 unspecified atom stereocenters. The third-order valence-electron chi connectivity index (χ3n) is 4.38. The van der Waals surface area contributed by atoms with E-state index in [-0.39, 0.29) is 12.6 Å². The Morgan fingerprint density at radius 1 is 0.719 bits per heavy atom. The highest BCUT2D eigenvalue weighted by molar-refractivity contribution is 6.00. The number of anilines is 3. The number of ether oxygens (including phenoxy) is 1. The lowest BCUT2D eigenvalue weighted by Gasteiger charge is -2.14. The first-order valence-electron chi connectivity index (χ1n) is 10.0. The fourth-order valence-electron chi connectivity index (χ4n) is 2.71. The van der Waals surface area contributed by atoms with Crippen molar-refractivity contribution in [2.24, 2.45) is 0 Å². The first-order chi connectivity index (χ1) is 15.5. The number of nitrogens with one attached hydrogen (secondary N) is 4. The Hall–Kier alpha value is -4.33. The van der Waals surface area contributed by atoms with Gasteiger partial charge in [0, 0.05) is 17.1 Å². The van der Waals surface area contributed by atoms with Crippen LogP contribution >= 0.6 is 0 Å². The van der Waals surface area contributed by atoms with E-state index in [0.717, 1.165) is 5.56 Å². The van der Waals surface area contributed by atoms with E-state index in [1.807, 2.05) is 48.5 Å². The number of carbonyl (C=O) groups is 3. The molecule has 4 amide bonds. The van der Waals surface area contributed by atoms with Gasteiger partial charge in [0.1, 0.15) is 12.6 Å². The van der Waals surface area contributed by atoms with Gasteiger partial charge in [-0.05, 0) is 48.9 Å². The van der Waals surface area contributed by atoms with Crippen LogP contribution in [0.5, 0.6) is 0 Å². The topological polar surface area (TPSA) is 109 Å². The number of para-hydroxylation sites is 1. The molecule has 0 bridgehead atoms. The molecule has 4 N–H and O–H groups in total. The minimum Gasteiger partial charge on any atom is -0.445 e. The van der Waals surface area contributed by atoms with E-state index in [0.29, 0.717) is 17.1 Å². The van der Waals surface area contributed by atoms with Crippen LogP contribution in [0.2, 0.25) is 0 Å². The van der Waals surface area contributed by atoms with Crippen LogP contribution < -0.4 is 21.3 Å². The van der Waals surface area contributed by atoms with Crippen molar-refractivity contribution in [1.29, 1.82) is 0 Å². The van der Waals surface area contributed by atoms with E-state index in [4.69, 9.17) is 4.74 Å². The van der Waals surface area contributed by atoms with E-state index in [9.17, 15) is 14.4 Å². The highest BCUT2D eigenvalue weighted by Crippen LogP contribution is 2.15. The van der Waals surface area contributed by atoms with Gasteiger partial charge in [0.25, 0.3) is 0 Å². The predicted molar refractivity (Wildman–Crippen MR) is 123 cm³/mol. The van der Waals surface area contributed by atoms with Gasteiger partial charge in [-0.25, -0.2) is 9.59 Å². The predicted octanol–water partition coefficient (Wildman–Crippen LogP) is 4.58. The van der Waals surface area contributed by atoms with Crippen LogP contribution in [0.4, 0.5) is 26.7 Å². The van der Waals surface area contributed by atoms with Gasteiger partial charge in [-0.2, -0.15) is 0 Å². The van der Waals surface area contributed by atoms with Crippen LogP contribution in [-0.2, 0) is 16.1 Å². The number of amides is 4. The lowest BCUT2D eigenvalue weighted by atomic mass is 10.2. The third kappa shape index (κ3) is 7.17. The summed E-state index contributed by atoms with van der Waals surface area (Å²) in [4.78, 5) is 36.3. The van der Waals surface area contributed by atoms with Crippen molar-refractivity contribution in [3.05, 3.63) is 90.5 Å². The SMILES string of the molecule is CC(NC(=O)OCc1ccccc1)C(=O)Nc1ccc(NC(=O)Nc2ccccc2)cc1. The monoisotopic (exact) mass is 432 g/mol. The van der Waals surface area contributed by atoms with Crippen LogP contribution in [0, 0.1) is 0 Å². The van der Waals surface area contributed by atoms with Crippen LogP contribution in [0.25, 0.3) is 0 Å². The molecule has 8 nitrogen and oxygen atoms in total. The first kappa shape index (κ1) is 22.4. The minimum atomic E-state index is -0.798. The number of carbonyl (C=O) groups excluding carboxylic acids is 3. The van der Waals surface area contributed by atoms with E-state index >= 15 is 0 Å². The second-order valence-electron chi connectivity index (χ2n) is 6.94. The van der Waals surface area contributed by atoms with Crippen LogP contribution in [0.3, 0.4) is 0 Å². The zero-order valence-electron chi connectivity index (χ0n) is 17.5. The van der Waals surface area contributed by atoms with Gasteiger partial charge in [0.15, 0.2) is 0 Å². The van der Waals surface area contributed by atoms with E-state index < -0.39 is 18.0 Å². The van der Waals surface area contributed by atoms with Gasteiger partial charge in [0.05, 0.1) is 0 Å². The second kappa shape index (κ2) is 11.2. The van der Waals surface area contributed by atoms with Crippen molar-refractivity contribution in [3.63, 3.8) is 0 Å². The Balaban J connectivity index is 1.43. The maximum absolute atomic E-state index is 12.3. The van der Waals surface area contributed by atoms with E-state index in [1.165, 1.54) is 0 Å². The molecule has 0 spiro atoms. The number of benzene rings is 3. The molecule has 0 fully saturated rings. The van der Waals surface area contributed by atoms with Crippen LogP contribution in [-0.4, -0.2) is 24.1 Å². The quantitative estimate of drug-likeness (QED) is 0.438. The summed E-state index contributed by atoms with van der Waals surface area (Å²) in [7, 11) is 0. The summed E-state index contributed by atoms with van der Waals surface area (Å²) in [5, 5.41) is 10.6. The molecular formula is C24H24N4O4. The summed E-state index contributed by atoms with van der Waals surface area (Å²) < 4.78 is 5.12. The molecule has 0 aliphatic carbocycles. The van der Waals surface area contributed by atoms with Gasteiger partial charge >= 0.3 is 12.1 Å². The average molecular weight is 432 g/mol. The summed E-state index contributed by atoms with van der Waals surface area (Å²) in [6.07, 6.45) is -0.680. The molecule has 0 heterocycles. The molecule has 0 aliphatic rings.